The highest BCUT2D eigenvalue weighted by atomic mass is 35.5. The van der Waals surface area contributed by atoms with Gasteiger partial charge in [-0.25, -0.2) is 9.18 Å². The summed E-state index contributed by atoms with van der Waals surface area (Å²) in [5.74, 6) is -1.95. The fourth-order valence-corrected chi connectivity index (χ4v) is 1.37. The Morgan fingerprint density at radius 1 is 1.35 bits per heavy atom. The van der Waals surface area contributed by atoms with Crippen molar-refractivity contribution in [3.63, 3.8) is 0 Å². The fourth-order valence-electron chi connectivity index (χ4n) is 1.24. The summed E-state index contributed by atoms with van der Waals surface area (Å²) in [6.45, 7) is 1.60. The zero-order chi connectivity index (χ0) is 12.8. The molecule has 0 saturated carbocycles. The summed E-state index contributed by atoms with van der Waals surface area (Å²) in [5.41, 5.74) is 0.603. The highest BCUT2D eigenvalue weighted by Crippen LogP contribution is 2.11. The zero-order valence-electron chi connectivity index (χ0n) is 9.28. The maximum atomic E-state index is 13.3. The average Bonchev–Trinajstić information content (AvgIpc) is 2.31. The third kappa shape index (κ3) is 4.15. The first-order chi connectivity index (χ1) is 8.04. The van der Waals surface area contributed by atoms with Crippen LogP contribution in [0.3, 0.4) is 0 Å². The number of alkyl halides is 1. The normalized spacial score (nSPS) is 11.9. The van der Waals surface area contributed by atoms with E-state index in [4.69, 9.17) is 11.6 Å². The van der Waals surface area contributed by atoms with Crippen LogP contribution < -0.4 is 0 Å². The molecule has 0 spiro atoms. The molecule has 0 saturated heterocycles. The summed E-state index contributed by atoms with van der Waals surface area (Å²) in [6, 6.07) is 6.42. The van der Waals surface area contributed by atoms with Crippen molar-refractivity contribution in [3.05, 3.63) is 34.9 Å². The number of ether oxygens (including phenoxy) is 1. The number of benzene rings is 1. The Labute approximate surface area is 104 Å². The predicted octanol–water partition coefficient (Wildman–Crippen LogP) is 2.35. The van der Waals surface area contributed by atoms with Crippen molar-refractivity contribution in [2.45, 2.75) is 19.5 Å². The Balaban J connectivity index is 2.59. The first kappa shape index (κ1) is 13.6. The summed E-state index contributed by atoms with van der Waals surface area (Å²) in [6.07, 6.45) is -2.37. The van der Waals surface area contributed by atoms with Crippen molar-refractivity contribution in [1.82, 2.24) is 0 Å². The van der Waals surface area contributed by atoms with Gasteiger partial charge in [0.05, 0.1) is 6.61 Å². The van der Waals surface area contributed by atoms with Crippen LogP contribution in [0.4, 0.5) is 4.39 Å². The Bertz CT molecular complexity index is 403. The number of halogens is 2. The molecule has 5 heteroatoms. The first-order valence-electron chi connectivity index (χ1n) is 5.12. The van der Waals surface area contributed by atoms with Crippen LogP contribution in [0.2, 0.25) is 5.02 Å². The SMILES string of the molecule is CCOC(=O)[C@H](F)C(=O)Cc1ccc(Cl)cc1. The average molecular weight is 259 g/mol. The molecule has 0 N–H and O–H groups in total. The molecule has 0 heterocycles. The lowest BCUT2D eigenvalue weighted by Gasteiger charge is -2.06. The van der Waals surface area contributed by atoms with Gasteiger partial charge in [0.25, 0.3) is 6.17 Å². The minimum absolute atomic E-state index is 0.0491. The maximum absolute atomic E-state index is 13.3. The Morgan fingerprint density at radius 3 is 2.47 bits per heavy atom. The predicted molar refractivity (Wildman–Crippen MR) is 61.7 cm³/mol. The Kier molecular flexibility index (Phi) is 5.10. The molecule has 0 aliphatic carbocycles. The monoisotopic (exact) mass is 258 g/mol. The number of rotatable bonds is 5. The van der Waals surface area contributed by atoms with Crippen LogP contribution >= 0.6 is 11.6 Å². The molecule has 17 heavy (non-hydrogen) atoms. The molecule has 0 aliphatic rings. The van der Waals surface area contributed by atoms with Gasteiger partial charge in [-0.3, -0.25) is 4.79 Å². The molecule has 1 aromatic rings. The number of hydrogen-bond acceptors (Lipinski definition) is 3. The summed E-state index contributed by atoms with van der Waals surface area (Å²) in [4.78, 5) is 22.4. The van der Waals surface area contributed by atoms with Gasteiger partial charge in [0.2, 0.25) is 0 Å². The van der Waals surface area contributed by atoms with Gasteiger partial charge >= 0.3 is 5.97 Å². The van der Waals surface area contributed by atoms with E-state index in [1.165, 1.54) is 0 Å². The van der Waals surface area contributed by atoms with E-state index in [0.717, 1.165) is 0 Å². The molecule has 3 nitrogen and oxygen atoms in total. The van der Waals surface area contributed by atoms with E-state index in [0.29, 0.717) is 10.6 Å². The standard InChI is InChI=1S/C12H12ClFO3/c1-2-17-12(16)11(14)10(15)7-8-3-5-9(13)6-4-8/h3-6,11H,2,7H2,1H3/t11-/m1/s1. The lowest BCUT2D eigenvalue weighted by molar-refractivity contribution is -0.152. The van der Waals surface area contributed by atoms with Crippen LogP contribution in [0.25, 0.3) is 0 Å². The number of esters is 1. The molecular formula is C12H12ClFO3. The summed E-state index contributed by atoms with van der Waals surface area (Å²) < 4.78 is 17.7. The largest absolute Gasteiger partial charge is 0.463 e. The summed E-state index contributed by atoms with van der Waals surface area (Å²) in [7, 11) is 0. The molecular weight excluding hydrogens is 247 g/mol. The van der Waals surface area contributed by atoms with E-state index in [9.17, 15) is 14.0 Å². The maximum Gasteiger partial charge on any atom is 0.348 e. The van der Waals surface area contributed by atoms with Crippen LogP contribution in [0.1, 0.15) is 12.5 Å². The van der Waals surface area contributed by atoms with Crippen LogP contribution in [-0.2, 0) is 20.7 Å². The molecule has 1 aromatic carbocycles. The quantitative estimate of drug-likeness (QED) is 0.601. The number of Topliss-reactive ketones (excluding diaryl/α,β-unsaturated/α-hetero) is 1. The van der Waals surface area contributed by atoms with Crippen molar-refractivity contribution in [1.29, 1.82) is 0 Å². The van der Waals surface area contributed by atoms with Gasteiger partial charge in [-0.2, -0.15) is 0 Å². The van der Waals surface area contributed by atoms with Crippen LogP contribution in [0.15, 0.2) is 24.3 Å². The number of carbonyl (C=O) groups excluding carboxylic acids is 2. The van der Waals surface area contributed by atoms with Gasteiger partial charge in [0.1, 0.15) is 0 Å². The van der Waals surface area contributed by atoms with E-state index < -0.39 is 17.9 Å². The number of carbonyl (C=O) groups is 2. The molecule has 0 aromatic heterocycles. The summed E-state index contributed by atoms with van der Waals surface area (Å²) in [5, 5.41) is 0.531. The first-order valence-corrected chi connectivity index (χ1v) is 5.50. The molecule has 0 bridgehead atoms. The molecule has 0 fully saturated rings. The molecule has 0 amide bonds. The second-order valence-corrected chi connectivity index (χ2v) is 3.82. The topological polar surface area (TPSA) is 43.4 Å². The van der Waals surface area contributed by atoms with Crippen molar-refractivity contribution in [3.8, 4) is 0 Å². The zero-order valence-corrected chi connectivity index (χ0v) is 10.0. The van der Waals surface area contributed by atoms with Gasteiger partial charge in [-0.15, -0.1) is 0 Å². The second-order valence-electron chi connectivity index (χ2n) is 3.38. The highest BCUT2D eigenvalue weighted by molar-refractivity contribution is 6.30. The lowest BCUT2D eigenvalue weighted by Crippen LogP contribution is -2.29. The number of ketones is 1. The van der Waals surface area contributed by atoms with E-state index in [1.807, 2.05) is 0 Å². The van der Waals surface area contributed by atoms with Crippen molar-refractivity contribution >= 4 is 23.4 Å². The minimum atomic E-state index is -2.22. The van der Waals surface area contributed by atoms with E-state index in [-0.39, 0.29) is 13.0 Å². The van der Waals surface area contributed by atoms with E-state index in [2.05, 4.69) is 4.74 Å². The minimum Gasteiger partial charge on any atom is -0.463 e. The van der Waals surface area contributed by atoms with Crippen molar-refractivity contribution < 1.29 is 18.7 Å². The van der Waals surface area contributed by atoms with Crippen molar-refractivity contribution in [2.75, 3.05) is 6.61 Å². The van der Waals surface area contributed by atoms with E-state index >= 15 is 0 Å². The molecule has 0 radical (unpaired) electrons. The molecule has 1 rings (SSSR count). The Hall–Kier alpha value is -1.42. The second kappa shape index (κ2) is 6.35. The smallest absolute Gasteiger partial charge is 0.348 e. The molecule has 0 unspecified atom stereocenters. The van der Waals surface area contributed by atoms with Crippen LogP contribution in [0.5, 0.6) is 0 Å². The summed E-state index contributed by atoms with van der Waals surface area (Å²) >= 11 is 5.67. The van der Waals surface area contributed by atoms with Crippen molar-refractivity contribution in [2.24, 2.45) is 0 Å². The third-order valence-corrected chi connectivity index (χ3v) is 2.32. The van der Waals surface area contributed by atoms with Crippen LogP contribution in [0, 0.1) is 0 Å². The van der Waals surface area contributed by atoms with Gasteiger partial charge in [0.15, 0.2) is 5.78 Å². The van der Waals surface area contributed by atoms with Gasteiger partial charge in [-0.05, 0) is 24.6 Å². The lowest BCUT2D eigenvalue weighted by atomic mass is 10.1. The Morgan fingerprint density at radius 2 is 1.94 bits per heavy atom. The van der Waals surface area contributed by atoms with Crippen LogP contribution in [-0.4, -0.2) is 24.5 Å². The third-order valence-electron chi connectivity index (χ3n) is 2.07. The van der Waals surface area contributed by atoms with Gasteiger partial charge in [0, 0.05) is 11.4 Å². The molecule has 0 aliphatic heterocycles. The molecule has 1 atom stereocenters. The highest BCUT2D eigenvalue weighted by Gasteiger charge is 2.26. The number of hydrogen-bond donors (Lipinski definition) is 0. The van der Waals surface area contributed by atoms with Gasteiger partial charge in [-0.1, -0.05) is 23.7 Å². The fraction of sp³-hybridized carbons (Fsp3) is 0.333. The van der Waals surface area contributed by atoms with E-state index in [1.54, 1.807) is 31.2 Å². The van der Waals surface area contributed by atoms with Gasteiger partial charge < -0.3 is 4.74 Å². The molecule has 92 valence electrons.